The van der Waals surface area contributed by atoms with Gasteiger partial charge in [0.05, 0.1) is 5.75 Å². The van der Waals surface area contributed by atoms with Crippen molar-refractivity contribution in [3.05, 3.63) is 79.0 Å². The number of benzene rings is 2. The van der Waals surface area contributed by atoms with E-state index >= 15 is 0 Å². The number of H-pyrrole nitrogens is 1. The summed E-state index contributed by atoms with van der Waals surface area (Å²) in [4.78, 5) is 19.6. The average Bonchev–Trinajstić information content (AvgIpc) is 3.13. The number of pyridine rings is 1. The van der Waals surface area contributed by atoms with Gasteiger partial charge in [-0.1, -0.05) is 36.4 Å². The Hall–Kier alpha value is -3.17. The molecule has 0 aliphatic rings. The summed E-state index contributed by atoms with van der Waals surface area (Å²) in [5.74, 6) is 0.184. The van der Waals surface area contributed by atoms with Crippen molar-refractivity contribution in [3.8, 4) is 0 Å². The Balaban J connectivity index is 1.66. The van der Waals surface area contributed by atoms with Gasteiger partial charge in [0.1, 0.15) is 10.7 Å². The highest BCUT2D eigenvalue weighted by molar-refractivity contribution is 8.00. The third kappa shape index (κ3) is 4.01. The maximum absolute atomic E-state index is 13.3. The molecule has 0 unspecified atom stereocenters. The van der Waals surface area contributed by atoms with Crippen LogP contribution < -0.4 is 9.29 Å². The fourth-order valence-corrected chi connectivity index (χ4v) is 5.40. The first-order chi connectivity index (χ1) is 14.1. The Morgan fingerprint density at radius 2 is 1.72 bits per heavy atom. The van der Waals surface area contributed by atoms with E-state index < -0.39 is 10.0 Å². The second-order valence-electron chi connectivity index (χ2n) is 6.08. The zero-order valence-electron chi connectivity index (χ0n) is 15.1. The number of carbonyl (C=O) groups is 1. The molecule has 4 aromatic rings. The lowest BCUT2D eigenvalue weighted by atomic mass is 10.3. The second-order valence-corrected chi connectivity index (χ2v) is 8.83. The molecule has 2 N–H and O–H groups in total. The van der Waals surface area contributed by atoms with Gasteiger partial charge in [-0.2, -0.15) is 8.42 Å². The summed E-state index contributed by atoms with van der Waals surface area (Å²) in [6.45, 7) is 0. The van der Waals surface area contributed by atoms with Crippen molar-refractivity contribution >= 4 is 44.5 Å². The van der Waals surface area contributed by atoms with E-state index in [1.54, 1.807) is 72.9 Å². The molecule has 0 aliphatic heterocycles. The van der Waals surface area contributed by atoms with Crippen molar-refractivity contribution in [2.75, 3.05) is 11.1 Å². The summed E-state index contributed by atoms with van der Waals surface area (Å²) >= 11 is 1.11. The Bertz CT molecular complexity index is 1260. The van der Waals surface area contributed by atoms with Gasteiger partial charge in [-0.3, -0.25) is 4.79 Å². The molecule has 2 heterocycles. The fraction of sp³-hybridized carbons (Fsp3) is 0.0500. The number of rotatable bonds is 6. The Morgan fingerprint density at radius 1 is 1.00 bits per heavy atom. The second kappa shape index (κ2) is 8.06. The molecule has 0 bridgehead atoms. The van der Waals surface area contributed by atoms with Crippen LogP contribution in [-0.4, -0.2) is 30.0 Å². The lowest BCUT2D eigenvalue weighted by molar-refractivity contribution is -0.526. The molecule has 1 amide bonds. The van der Waals surface area contributed by atoms with Crippen molar-refractivity contribution in [1.29, 1.82) is 0 Å². The van der Waals surface area contributed by atoms with E-state index in [9.17, 15) is 13.2 Å². The topological polar surface area (TPSA) is 95.8 Å². The lowest BCUT2D eigenvalue weighted by Gasteiger charge is -2.04. The van der Waals surface area contributed by atoms with E-state index in [0.29, 0.717) is 22.0 Å². The van der Waals surface area contributed by atoms with Crippen molar-refractivity contribution < 1.29 is 17.2 Å². The van der Waals surface area contributed by atoms with Crippen LogP contribution >= 0.6 is 11.8 Å². The van der Waals surface area contributed by atoms with Crippen molar-refractivity contribution in [2.24, 2.45) is 0 Å². The molecule has 0 saturated carbocycles. The first-order valence-corrected chi connectivity index (χ1v) is 11.2. The monoisotopic (exact) mass is 425 g/mol. The van der Waals surface area contributed by atoms with E-state index in [0.717, 1.165) is 11.8 Å². The maximum atomic E-state index is 13.3. The SMILES string of the molecule is O=C(CSc1[nH]c2ccccc2[n+]1S(=O)(=O)c1ccccc1)Nc1ccccn1. The fourth-order valence-electron chi connectivity index (χ4n) is 2.81. The number of nitrogens with one attached hydrogen (secondary N) is 2. The number of carbonyl (C=O) groups excluding carboxylic acids is 1. The van der Waals surface area contributed by atoms with Crippen molar-refractivity contribution in [2.45, 2.75) is 10.1 Å². The van der Waals surface area contributed by atoms with Crippen LogP contribution in [0.5, 0.6) is 0 Å². The number of hydrogen-bond donors (Lipinski definition) is 2. The molecule has 4 rings (SSSR count). The Morgan fingerprint density at radius 3 is 2.48 bits per heavy atom. The van der Waals surface area contributed by atoms with Crippen LogP contribution in [0, 0.1) is 0 Å². The molecule has 146 valence electrons. The number of aromatic amines is 1. The van der Waals surface area contributed by atoms with Gasteiger partial charge >= 0.3 is 15.2 Å². The van der Waals surface area contributed by atoms with Crippen LogP contribution in [-0.2, 0) is 14.8 Å². The summed E-state index contributed by atoms with van der Waals surface area (Å²) in [6, 6.07) is 20.5. The number of amides is 1. The highest BCUT2D eigenvalue weighted by atomic mass is 32.2. The Kier molecular flexibility index (Phi) is 5.32. The molecule has 0 radical (unpaired) electrons. The van der Waals surface area contributed by atoms with Gasteiger partial charge in [0.15, 0.2) is 11.0 Å². The summed E-state index contributed by atoms with van der Waals surface area (Å²) < 4.78 is 27.8. The van der Waals surface area contributed by atoms with Crippen LogP contribution in [0.25, 0.3) is 11.0 Å². The molecule has 0 spiro atoms. The number of hydrogen-bond acceptors (Lipinski definition) is 5. The molecule has 0 aliphatic carbocycles. The number of nitrogens with zero attached hydrogens (tertiary/aromatic N) is 2. The summed E-state index contributed by atoms with van der Waals surface area (Å²) in [5.41, 5.74) is 1.18. The average molecular weight is 426 g/mol. The standard InChI is InChI=1S/C20H16N4O3S2/c25-19(23-18-12-6-7-13-21-18)14-28-20-22-16-10-4-5-11-17(16)24(20)29(26,27)15-8-2-1-3-9-15/h1-13H,14H2,(H,21,23,25)/p+1. The van der Waals surface area contributed by atoms with E-state index in [2.05, 4.69) is 15.3 Å². The molecular formula is C20H17N4O3S2+. The van der Waals surface area contributed by atoms with Gasteiger partial charge in [-0.15, -0.1) is 3.97 Å². The first kappa shape index (κ1) is 19.2. The maximum Gasteiger partial charge on any atom is 0.336 e. The highest BCUT2D eigenvalue weighted by Crippen LogP contribution is 2.21. The number of fused-ring (bicyclic) bond motifs is 1. The molecule has 0 atom stereocenters. The quantitative estimate of drug-likeness (QED) is 0.366. The first-order valence-electron chi connectivity index (χ1n) is 8.73. The number of anilines is 1. The van der Waals surface area contributed by atoms with Crippen LogP contribution in [0.1, 0.15) is 0 Å². The minimum Gasteiger partial charge on any atom is -0.310 e. The zero-order valence-corrected chi connectivity index (χ0v) is 16.8. The molecule has 9 heteroatoms. The highest BCUT2D eigenvalue weighted by Gasteiger charge is 2.31. The van der Waals surface area contributed by atoms with Gasteiger partial charge in [-0.25, -0.2) is 9.97 Å². The summed E-state index contributed by atoms with van der Waals surface area (Å²) in [7, 11) is -3.84. The summed E-state index contributed by atoms with van der Waals surface area (Å²) in [5, 5.41) is 3.05. The van der Waals surface area contributed by atoms with Gasteiger partial charge < -0.3 is 5.32 Å². The van der Waals surface area contributed by atoms with Gasteiger partial charge in [0.25, 0.3) is 0 Å². The minimum atomic E-state index is -3.84. The predicted octanol–water partition coefficient (Wildman–Crippen LogP) is 2.82. The molecule has 7 nitrogen and oxygen atoms in total. The van der Waals surface area contributed by atoms with E-state index in [1.165, 1.54) is 3.97 Å². The van der Waals surface area contributed by atoms with Crippen molar-refractivity contribution in [3.63, 3.8) is 0 Å². The molecule has 2 aromatic heterocycles. The van der Waals surface area contributed by atoms with Gasteiger partial charge in [0.2, 0.25) is 5.91 Å². The van der Waals surface area contributed by atoms with E-state index in [-0.39, 0.29) is 16.6 Å². The molecule has 29 heavy (non-hydrogen) atoms. The Labute approximate surface area is 171 Å². The van der Waals surface area contributed by atoms with Crippen molar-refractivity contribution in [1.82, 2.24) is 9.97 Å². The van der Waals surface area contributed by atoms with Crippen LogP contribution in [0.15, 0.2) is 89.0 Å². The number of aromatic nitrogens is 3. The van der Waals surface area contributed by atoms with Crippen LogP contribution in [0.4, 0.5) is 5.82 Å². The third-order valence-corrected chi connectivity index (χ3v) is 6.91. The normalized spacial score (nSPS) is 11.4. The van der Waals surface area contributed by atoms with E-state index in [1.807, 2.05) is 6.07 Å². The van der Waals surface area contributed by atoms with Crippen LogP contribution in [0.2, 0.25) is 0 Å². The smallest absolute Gasteiger partial charge is 0.310 e. The molecular weight excluding hydrogens is 408 g/mol. The molecule has 2 aromatic carbocycles. The number of imidazole rings is 1. The predicted molar refractivity (Wildman–Crippen MR) is 111 cm³/mol. The number of thioether (sulfide) groups is 1. The third-order valence-electron chi connectivity index (χ3n) is 4.10. The number of para-hydroxylation sites is 2. The van der Waals surface area contributed by atoms with Gasteiger partial charge in [0, 0.05) is 6.20 Å². The minimum absolute atomic E-state index is 0.0215. The largest absolute Gasteiger partial charge is 0.336 e. The zero-order chi connectivity index (χ0) is 20.3. The molecule has 0 fully saturated rings. The van der Waals surface area contributed by atoms with Crippen LogP contribution in [0.3, 0.4) is 0 Å². The molecule has 0 saturated heterocycles. The summed E-state index contributed by atoms with van der Waals surface area (Å²) in [6.07, 6.45) is 1.58. The van der Waals surface area contributed by atoms with Gasteiger partial charge in [-0.05, 0) is 48.2 Å². The van der Waals surface area contributed by atoms with E-state index in [4.69, 9.17) is 0 Å². The lowest BCUT2D eigenvalue weighted by Crippen LogP contribution is -2.44.